The third-order valence-corrected chi connectivity index (χ3v) is 4.46. The van der Waals surface area contributed by atoms with Crippen LogP contribution in [0.1, 0.15) is 51.7 Å². The first kappa shape index (κ1) is 19.4. The summed E-state index contributed by atoms with van der Waals surface area (Å²) < 4.78 is 5.19. The Kier molecular flexibility index (Phi) is 6.22. The second-order valence-corrected chi connectivity index (χ2v) is 6.28. The summed E-state index contributed by atoms with van der Waals surface area (Å²) in [5, 5.41) is 5.70. The lowest BCUT2D eigenvalue weighted by Gasteiger charge is -2.14. The molecule has 3 rings (SSSR count). The Morgan fingerprint density at radius 1 is 0.893 bits per heavy atom. The number of aryl methyl sites for hydroxylation is 2. The van der Waals surface area contributed by atoms with Crippen molar-refractivity contribution in [3.8, 4) is 0 Å². The van der Waals surface area contributed by atoms with Gasteiger partial charge in [0.2, 0.25) is 0 Å². The average molecular weight is 377 g/mol. The van der Waals surface area contributed by atoms with Crippen LogP contribution in [0.3, 0.4) is 0 Å². The van der Waals surface area contributed by atoms with Gasteiger partial charge in [0.15, 0.2) is 0 Å². The molecule has 0 unspecified atom stereocenters. The summed E-state index contributed by atoms with van der Waals surface area (Å²) in [6.45, 7) is 4.35. The van der Waals surface area contributed by atoms with E-state index in [-0.39, 0.29) is 29.7 Å². The molecule has 0 fully saturated rings. The van der Waals surface area contributed by atoms with Gasteiger partial charge in [-0.05, 0) is 48.2 Å². The number of carbonyl (C=O) groups is 2. The molecule has 0 spiro atoms. The van der Waals surface area contributed by atoms with Crippen LogP contribution in [0.15, 0.2) is 59.2 Å². The van der Waals surface area contributed by atoms with E-state index < -0.39 is 0 Å². The second-order valence-electron chi connectivity index (χ2n) is 6.28. The first-order valence-electron chi connectivity index (χ1n) is 9.32. The number of nitrogens with one attached hydrogen (secondary N) is 2. The van der Waals surface area contributed by atoms with E-state index in [9.17, 15) is 9.59 Å². The molecular formula is C22H23N3O3. The highest BCUT2D eigenvalue weighted by Gasteiger charge is 2.15. The van der Waals surface area contributed by atoms with Gasteiger partial charge in [-0.15, -0.1) is 0 Å². The summed E-state index contributed by atoms with van der Waals surface area (Å²) in [6.07, 6.45) is 3.17. The zero-order valence-electron chi connectivity index (χ0n) is 16.0. The number of anilines is 1. The van der Waals surface area contributed by atoms with Crippen LogP contribution >= 0.6 is 0 Å². The molecule has 2 aromatic heterocycles. The Bertz CT molecular complexity index is 943. The number of pyridine rings is 1. The number of hydrogen-bond donors (Lipinski definition) is 2. The Balaban J connectivity index is 1.75. The van der Waals surface area contributed by atoms with Crippen molar-refractivity contribution in [1.82, 2.24) is 10.3 Å². The highest BCUT2D eigenvalue weighted by Crippen LogP contribution is 2.23. The van der Waals surface area contributed by atoms with Crippen molar-refractivity contribution in [3.63, 3.8) is 0 Å². The SMILES string of the molecule is CCc1cccc(CC)c1NC(=O)c1cccc(C(=O)NCc2ccco2)n1. The summed E-state index contributed by atoms with van der Waals surface area (Å²) in [4.78, 5) is 29.3. The summed E-state index contributed by atoms with van der Waals surface area (Å²) in [5.41, 5.74) is 3.34. The van der Waals surface area contributed by atoms with Gasteiger partial charge in [0, 0.05) is 5.69 Å². The number of nitrogens with zero attached hydrogens (tertiary/aromatic N) is 1. The highest BCUT2D eigenvalue weighted by atomic mass is 16.3. The van der Waals surface area contributed by atoms with Crippen LogP contribution in [0.4, 0.5) is 5.69 Å². The van der Waals surface area contributed by atoms with E-state index in [1.165, 1.54) is 0 Å². The molecule has 0 radical (unpaired) electrons. The van der Waals surface area contributed by atoms with E-state index in [1.54, 1.807) is 36.6 Å². The lowest BCUT2D eigenvalue weighted by Crippen LogP contribution is -2.25. The zero-order chi connectivity index (χ0) is 19.9. The fourth-order valence-electron chi connectivity index (χ4n) is 2.94. The number of carbonyl (C=O) groups excluding carboxylic acids is 2. The maximum absolute atomic E-state index is 12.7. The highest BCUT2D eigenvalue weighted by molar-refractivity contribution is 6.04. The molecule has 6 nitrogen and oxygen atoms in total. The van der Waals surface area contributed by atoms with Gasteiger partial charge in [0.05, 0.1) is 12.8 Å². The molecule has 2 N–H and O–H groups in total. The Hall–Kier alpha value is -3.41. The minimum atomic E-state index is -0.366. The van der Waals surface area contributed by atoms with Crippen LogP contribution in [0.25, 0.3) is 0 Å². The van der Waals surface area contributed by atoms with Gasteiger partial charge in [0.1, 0.15) is 17.1 Å². The predicted octanol–water partition coefficient (Wildman–Crippen LogP) is 3.98. The van der Waals surface area contributed by atoms with Crippen LogP contribution in [0, 0.1) is 0 Å². The summed E-state index contributed by atoms with van der Waals surface area (Å²) in [7, 11) is 0. The molecule has 6 heteroatoms. The van der Waals surface area contributed by atoms with Crippen LogP contribution in [-0.4, -0.2) is 16.8 Å². The minimum Gasteiger partial charge on any atom is -0.467 e. The molecule has 28 heavy (non-hydrogen) atoms. The standard InChI is InChI=1S/C22H23N3O3/c1-3-15-8-5-9-16(4-2)20(15)25-22(27)19-12-6-11-18(24-19)21(26)23-14-17-10-7-13-28-17/h5-13H,3-4,14H2,1-2H3,(H,23,26)(H,25,27). The zero-order valence-corrected chi connectivity index (χ0v) is 16.0. The van der Waals surface area contributed by atoms with Crippen molar-refractivity contribution >= 4 is 17.5 Å². The largest absolute Gasteiger partial charge is 0.467 e. The number of benzene rings is 1. The molecule has 0 saturated heterocycles. The lowest BCUT2D eigenvalue weighted by atomic mass is 10.0. The van der Waals surface area contributed by atoms with Crippen molar-refractivity contribution in [3.05, 3.63) is 83.1 Å². The second kappa shape index (κ2) is 8.99. The molecule has 3 aromatic rings. The maximum atomic E-state index is 12.7. The minimum absolute atomic E-state index is 0.179. The number of aromatic nitrogens is 1. The summed E-state index contributed by atoms with van der Waals surface area (Å²) in [5.74, 6) is -0.0592. The van der Waals surface area contributed by atoms with Crippen LogP contribution in [-0.2, 0) is 19.4 Å². The first-order valence-corrected chi connectivity index (χ1v) is 9.32. The van der Waals surface area contributed by atoms with E-state index in [1.807, 2.05) is 32.0 Å². The third-order valence-electron chi connectivity index (χ3n) is 4.46. The number of amides is 2. The van der Waals surface area contributed by atoms with E-state index in [2.05, 4.69) is 15.6 Å². The van der Waals surface area contributed by atoms with Gasteiger partial charge in [0.25, 0.3) is 11.8 Å². The Morgan fingerprint density at radius 2 is 1.54 bits per heavy atom. The molecule has 0 atom stereocenters. The van der Waals surface area contributed by atoms with Crippen molar-refractivity contribution in [1.29, 1.82) is 0 Å². The molecule has 2 amide bonds. The third kappa shape index (κ3) is 4.46. The number of hydrogen-bond acceptors (Lipinski definition) is 4. The maximum Gasteiger partial charge on any atom is 0.274 e. The van der Waals surface area contributed by atoms with E-state index >= 15 is 0 Å². The first-order chi connectivity index (χ1) is 13.6. The fraction of sp³-hybridized carbons (Fsp3) is 0.227. The molecule has 0 saturated carbocycles. The average Bonchev–Trinajstić information content (AvgIpc) is 3.25. The van der Waals surface area contributed by atoms with Crippen LogP contribution in [0.2, 0.25) is 0 Å². The van der Waals surface area contributed by atoms with Gasteiger partial charge in [-0.3, -0.25) is 9.59 Å². The lowest BCUT2D eigenvalue weighted by molar-refractivity contribution is 0.0943. The quantitative estimate of drug-likeness (QED) is 0.652. The van der Waals surface area contributed by atoms with Gasteiger partial charge in [-0.1, -0.05) is 38.1 Å². The van der Waals surface area contributed by atoms with E-state index in [0.29, 0.717) is 5.76 Å². The van der Waals surface area contributed by atoms with Gasteiger partial charge < -0.3 is 15.1 Å². The molecule has 0 bridgehead atoms. The smallest absolute Gasteiger partial charge is 0.274 e. The number of furan rings is 1. The van der Waals surface area contributed by atoms with Crippen molar-refractivity contribution < 1.29 is 14.0 Å². The van der Waals surface area contributed by atoms with Crippen molar-refractivity contribution in [2.75, 3.05) is 5.32 Å². The van der Waals surface area contributed by atoms with Gasteiger partial charge in [-0.25, -0.2) is 4.98 Å². The van der Waals surface area contributed by atoms with Gasteiger partial charge in [-0.2, -0.15) is 0 Å². The fourth-order valence-corrected chi connectivity index (χ4v) is 2.94. The van der Waals surface area contributed by atoms with Gasteiger partial charge >= 0.3 is 0 Å². The van der Waals surface area contributed by atoms with Crippen molar-refractivity contribution in [2.45, 2.75) is 33.2 Å². The van der Waals surface area contributed by atoms with E-state index in [0.717, 1.165) is 29.7 Å². The molecule has 0 aliphatic heterocycles. The predicted molar refractivity (Wildman–Crippen MR) is 107 cm³/mol. The number of para-hydroxylation sites is 1. The topological polar surface area (TPSA) is 84.2 Å². The van der Waals surface area contributed by atoms with Crippen LogP contribution in [0.5, 0.6) is 0 Å². The molecule has 1 aromatic carbocycles. The monoisotopic (exact) mass is 377 g/mol. The molecular weight excluding hydrogens is 354 g/mol. The molecule has 2 heterocycles. The summed E-state index contributed by atoms with van der Waals surface area (Å²) >= 11 is 0. The summed E-state index contributed by atoms with van der Waals surface area (Å²) in [6, 6.07) is 14.3. The molecule has 0 aliphatic rings. The van der Waals surface area contributed by atoms with Crippen molar-refractivity contribution in [2.24, 2.45) is 0 Å². The normalized spacial score (nSPS) is 10.5. The Labute approximate surface area is 164 Å². The molecule has 0 aliphatic carbocycles. The Morgan fingerprint density at radius 3 is 2.14 bits per heavy atom. The van der Waals surface area contributed by atoms with Crippen LogP contribution < -0.4 is 10.6 Å². The molecule has 144 valence electrons. The van der Waals surface area contributed by atoms with E-state index in [4.69, 9.17) is 4.42 Å². The number of rotatable bonds is 7.